The summed E-state index contributed by atoms with van der Waals surface area (Å²) in [6, 6.07) is 9.52. The van der Waals surface area contributed by atoms with Gasteiger partial charge in [0.25, 0.3) is 5.71 Å². The molecule has 21 heavy (non-hydrogen) atoms. The molecule has 0 bridgehead atoms. The number of hydrazone groups is 1. The van der Waals surface area contributed by atoms with Gasteiger partial charge in [0.1, 0.15) is 0 Å². The molecule has 2 aliphatic rings. The molecular weight excluding hydrogens is 270 g/mol. The first kappa shape index (κ1) is 13.9. The zero-order chi connectivity index (χ0) is 14.8. The van der Waals surface area contributed by atoms with Crippen LogP contribution in [-0.2, 0) is 11.3 Å². The third kappa shape index (κ3) is 2.85. The molecule has 6 heteroatoms. The van der Waals surface area contributed by atoms with E-state index in [1.54, 1.807) is 11.6 Å². The van der Waals surface area contributed by atoms with Gasteiger partial charge in [-0.05, 0) is 10.7 Å². The first-order valence-corrected chi connectivity index (χ1v) is 7.11. The molecule has 1 fully saturated rings. The van der Waals surface area contributed by atoms with Crippen molar-refractivity contribution in [3.63, 3.8) is 0 Å². The Morgan fingerprint density at radius 2 is 2.10 bits per heavy atom. The van der Waals surface area contributed by atoms with Gasteiger partial charge in [-0.15, -0.1) is 0 Å². The summed E-state index contributed by atoms with van der Waals surface area (Å²) in [6.07, 6.45) is 3.36. The van der Waals surface area contributed by atoms with E-state index in [0.717, 1.165) is 18.4 Å². The van der Waals surface area contributed by atoms with Crippen LogP contribution in [0.25, 0.3) is 0 Å². The summed E-state index contributed by atoms with van der Waals surface area (Å²) in [7, 11) is 0. The second-order valence-electron chi connectivity index (χ2n) is 5.52. The van der Waals surface area contributed by atoms with Gasteiger partial charge in [-0.25, -0.2) is 0 Å². The highest BCUT2D eigenvalue weighted by molar-refractivity contribution is 5.98. The molecule has 3 rings (SSSR count). The van der Waals surface area contributed by atoms with Crippen molar-refractivity contribution in [1.82, 2.24) is 0 Å². The van der Waals surface area contributed by atoms with Gasteiger partial charge in [0.15, 0.2) is 12.3 Å². The Balaban J connectivity index is 1.50. The van der Waals surface area contributed by atoms with Gasteiger partial charge in [-0.3, -0.25) is 10.1 Å². The normalized spacial score (nSPS) is 27.8. The highest BCUT2D eigenvalue weighted by Gasteiger charge is 2.45. The first-order valence-electron chi connectivity index (χ1n) is 7.11. The van der Waals surface area contributed by atoms with Gasteiger partial charge in [-0.1, -0.05) is 35.0 Å². The molecule has 1 aromatic carbocycles. The summed E-state index contributed by atoms with van der Waals surface area (Å²) in [5.41, 5.74) is 1.86. The average Bonchev–Trinajstić information content (AvgIpc) is 2.80. The van der Waals surface area contributed by atoms with Crippen LogP contribution in [0.4, 0.5) is 0 Å². The lowest BCUT2D eigenvalue weighted by Gasteiger charge is -2.30. The number of ether oxygens (including phenoxy) is 1. The van der Waals surface area contributed by atoms with Crippen molar-refractivity contribution in [2.75, 3.05) is 0 Å². The zero-order valence-electron chi connectivity index (χ0n) is 11.9. The lowest BCUT2D eigenvalue weighted by molar-refractivity contribution is -0.591. The Labute approximate surface area is 122 Å². The van der Waals surface area contributed by atoms with E-state index in [4.69, 9.17) is 4.74 Å². The summed E-state index contributed by atoms with van der Waals surface area (Å²) in [5.74, 6) is 0. The van der Waals surface area contributed by atoms with E-state index in [1.807, 2.05) is 30.3 Å². The van der Waals surface area contributed by atoms with Crippen molar-refractivity contribution >= 4 is 11.9 Å². The van der Waals surface area contributed by atoms with E-state index in [2.05, 4.69) is 5.10 Å². The molecule has 0 aromatic heterocycles. The van der Waals surface area contributed by atoms with E-state index in [9.17, 15) is 10.1 Å². The molecule has 0 N–H and O–H groups in total. The monoisotopic (exact) mass is 288 g/mol. The maximum Gasteiger partial charge on any atom is 0.333 e. The lowest BCUT2D eigenvalue weighted by atomic mass is 9.89. The van der Waals surface area contributed by atoms with Crippen LogP contribution >= 0.6 is 0 Å². The third-order valence-corrected chi connectivity index (χ3v) is 4.09. The number of rotatable bonds is 5. The number of nitrogens with zero attached hydrogens (tertiary/aromatic N) is 3. The van der Waals surface area contributed by atoms with Gasteiger partial charge < -0.3 is 4.74 Å². The molecule has 0 radical (unpaired) electrons. The van der Waals surface area contributed by atoms with E-state index in [-0.39, 0.29) is 17.1 Å². The van der Waals surface area contributed by atoms with Crippen LogP contribution in [0.2, 0.25) is 0 Å². The fourth-order valence-electron chi connectivity index (χ4n) is 2.72. The molecule has 1 heterocycles. The highest BCUT2D eigenvalue weighted by atomic mass is 16.6. The second kappa shape index (κ2) is 5.73. The fourth-order valence-corrected chi connectivity index (χ4v) is 2.72. The number of hydrogen-bond donors (Lipinski definition) is 0. The van der Waals surface area contributed by atoms with Gasteiger partial charge in [-0.2, -0.15) is 0 Å². The Bertz CT molecular complexity index is 591. The smallest absolute Gasteiger partial charge is 0.333 e. The molecule has 110 valence electrons. The minimum atomic E-state index is -0.769. The summed E-state index contributed by atoms with van der Waals surface area (Å²) in [5, 5.41) is 15.0. The maximum absolute atomic E-state index is 10.9. The number of nitro groups is 1. The third-order valence-electron chi connectivity index (χ3n) is 4.09. The van der Waals surface area contributed by atoms with Crippen molar-refractivity contribution in [2.24, 2.45) is 5.10 Å². The average molecular weight is 288 g/mol. The molecule has 6 nitrogen and oxygen atoms in total. The minimum Gasteiger partial charge on any atom is -0.373 e. The van der Waals surface area contributed by atoms with Crippen LogP contribution in [-0.4, -0.2) is 39.7 Å². The van der Waals surface area contributed by atoms with Crippen LogP contribution in [0.3, 0.4) is 0 Å². The van der Waals surface area contributed by atoms with Crippen LogP contribution in [0, 0.1) is 10.1 Å². The molecule has 1 atom stereocenters. The largest absolute Gasteiger partial charge is 0.373 e. The minimum absolute atomic E-state index is 0.216. The Morgan fingerprint density at radius 1 is 1.38 bits per heavy atom. The summed E-state index contributed by atoms with van der Waals surface area (Å²) in [6.45, 7) is 2.39. The number of hydrogen-bond acceptors (Lipinski definition) is 4. The summed E-state index contributed by atoms with van der Waals surface area (Å²) in [4.78, 5) is 10.5. The Morgan fingerprint density at radius 3 is 2.71 bits per heavy atom. The van der Waals surface area contributed by atoms with Gasteiger partial charge in [0.2, 0.25) is 0 Å². The van der Waals surface area contributed by atoms with Crippen LogP contribution < -0.4 is 0 Å². The highest BCUT2D eigenvalue weighted by Crippen LogP contribution is 2.28. The first-order chi connectivity index (χ1) is 10.1. The topological polar surface area (TPSA) is 67.7 Å². The molecule has 0 saturated heterocycles. The van der Waals surface area contributed by atoms with E-state index < -0.39 is 6.04 Å². The van der Waals surface area contributed by atoms with Gasteiger partial charge >= 0.3 is 6.04 Å². The molecule has 0 amide bonds. The molecular formula is C15H18N3O3+. The Kier molecular flexibility index (Phi) is 3.79. The maximum atomic E-state index is 10.9. The standard InChI is InChI=1S/C15H18N3O3/c1-11-15(18(19)20)9-16-17(11)13-7-14(8-13)21-10-12-5-3-2-4-6-12/h2-6,9,13-15H,7-8,10H2,1H3/q+1. The summed E-state index contributed by atoms with van der Waals surface area (Å²) >= 11 is 0. The Hall–Kier alpha value is -2.08. The predicted molar refractivity (Wildman–Crippen MR) is 78.3 cm³/mol. The van der Waals surface area contributed by atoms with Crippen molar-refractivity contribution in [1.29, 1.82) is 0 Å². The quantitative estimate of drug-likeness (QED) is 0.472. The van der Waals surface area contributed by atoms with Crippen molar-refractivity contribution in [3.8, 4) is 0 Å². The van der Waals surface area contributed by atoms with Gasteiger partial charge in [0, 0.05) is 24.7 Å². The van der Waals surface area contributed by atoms with Crippen molar-refractivity contribution in [3.05, 3.63) is 46.0 Å². The van der Waals surface area contributed by atoms with E-state index in [0.29, 0.717) is 12.3 Å². The predicted octanol–water partition coefficient (Wildman–Crippen LogP) is 1.85. The van der Waals surface area contributed by atoms with Crippen molar-refractivity contribution in [2.45, 2.75) is 44.6 Å². The van der Waals surface area contributed by atoms with E-state index >= 15 is 0 Å². The van der Waals surface area contributed by atoms with Crippen LogP contribution in [0.15, 0.2) is 35.4 Å². The summed E-state index contributed by atoms with van der Waals surface area (Å²) < 4.78 is 7.63. The van der Waals surface area contributed by atoms with Crippen LogP contribution in [0.5, 0.6) is 0 Å². The molecule has 1 aromatic rings. The molecule has 1 saturated carbocycles. The SMILES string of the molecule is CC1=[N+](C2CC(OCc3ccccc3)C2)N=CC1[N+](=O)[O-]. The molecule has 1 aliphatic carbocycles. The van der Waals surface area contributed by atoms with E-state index in [1.165, 1.54) is 6.21 Å². The van der Waals surface area contributed by atoms with Gasteiger partial charge in [0.05, 0.1) is 12.7 Å². The second-order valence-corrected chi connectivity index (χ2v) is 5.52. The molecule has 1 unspecified atom stereocenters. The molecule has 1 aliphatic heterocycles. The zero-order valence-corrected chi connectivity index (χ0v) is 11.9. The number of benzene rings is 1. The van der Waals surface area contributed by atoms with Crippen molar-refractivity contribution < 1.29 is 14.3 Å². The van der Waals surface area contributed by atoms with Crippen LogP contribution in [0.1, 0.15) is 25.3 Å². The molecule has 0 spiro atoms. The lowest BCUT2D eigenvalue weighted by Crippen LogP contribution is -2.43. The fraction of sp³-hybridized carbons (Fsp3) is 0.467.